The number of amides is 1. The minimum Gasteiger partial charge on any atom is -0.491 e. The number of rotatable bonds is 9. The molecule has 30 heavy (non-hydrogen) atoms. The molecule has 0 aliphatic heterocycles. The zero-order valence-electron chi connectivity index (χ0n) is 18.7. The first-order valence-electron chi connectivity index (χ1n) is 10.4. The van der Waals surface area contributed by atoms with E-state index in [2.05, 4.69) is 40.7 Å². The SMILES string of the molecule is CN=C(NCCC(=O)N(C)Cc1ccccc1)NCc1ccc(C)cc1OC(C)C. The van der Waals surface area contributed by atoms with Crippen LogP contribution in [0.25, 0.3) is 0 Å². The van der Waals surface area contributed by atoms with Gasteiger partial charge in [-0.1, -0.05) is 42.5 Å². The molecule has 0 spiro atoms. The lowest BCUT2D eigenvalue weighted by Crippen LogP contribution is -2.39. The third kappa shape index (κ3) is 7.78. The second-order valence-corrected chi connectivity index (χ2v) is 7.62. The Hall–Kier alpha value is -3.02. The minimum atomic E-state index is 0.0907. The molecule has 0 atom stereocenters. The van der Waals surface area contributed by atoms with Gasteiger partial charge in [0.2, 0.25) is 5.91 Å². The van der Waals surface area contributed by atoms with Crippen molar-refractivity contribution in [2.45, 2.75) is 46.4 Å². The predicted molar refractivity (Wildman–Crippen MR) is 123 cm³/mol. The monoisotopic (exact) mass is 410 g/mol. The molecular weight excluding hydrogens is 376 g/mol. The highest BCUT2D eigenvalue weighted by Crippen LogP contribution is 2.21. The summed E-state index contributed by atoms with van der Waals surface area (Å²) in [5.74, 6) is 1.63. The summed E-state index contributed by atoms with van der Waals surface area (Å²) in [7, 11) is 3.55. The van der Waals surface area contributed by atoms with Crippen molar-refractivity contribution in [1.82, 2.24) is 15.5 Å². The molecule has 2 N–H and O–H groups in total. The van der Waals surface area contributed by atoms with Gasteiger partial charge in [0.1, 0.15) is 5.75 Å². The van der Waals surface area contributed by atoms with Gasteiger partial charge in [-0.25, -0.2) is 0 Å². The van der Waals surface area contributed by atoms with E-state index in [0.717, 1.165) is 22.4 Å². The predicted octanol–water partition coefficient (Wildman–Crippen LogP) is 3.50. The molecule has 1 amide bonds. The summed E-state index contributed by atoms with van der Waals surface area (Å²) < 4.78 is 5.93. The van der Waals surface area contributed by atoms with E-state index in [1.807, 2.05) is 51.2 Å². The summed E-state index contributed by atoms with van der Waals surface area (Å²) >= 11 is 0. The summed E-state index contributed by atoms with van der Waals surface area (Å²) in [6.45, 7) is 7.80. The van der Waals surface area contributed by atoms with Crippen LogP contribution in [0.1, 0.15) is 37.0 Å². The van der Waals surface area contributed by atoms with Crippen LogP contribution < -0.4 is 15.4 Å². The van der Waals surface area contributed by atoms with Gasteiger partial charge in [0.05, 0.1) is 6.10 Å². The Bertz CT molecular complexity index is 834. The van der Waals surface area contributed by atoms with E-state index in [1.54, 1.807) is 11.9 Å². The first-order valence-corrected chi connectivity index (χ1v) is 10.4. The van der Waals surface area contributed by atoms with Crippen molar-refractivity contribution < 1.29 is 9.53 Å². The fourth-order valence-corrected chi connectivity index (χ4v) is 3.00. The maximum atomic E-state index is 12.4. The lowest BCUT2D eigenvalue weighted by Gasteiger charge is -2.19. The van der Waals surface area contributed by atoms with Gasteiger partial charge in [0.25, 0.3) is 0 Å². The quantitative estimate of drug-likeness (QED) is 0.491. The molecule has 0 aliphatic carbocycles. The summed E-state index contributed by atoms with van der Waals surface area (Å²) in [6.07, 6.45) is 0.512. The molecule has 0 bridgehead atoms. The maximum Gasteiger partial charge on any atom is 0.224 e. The Balaban J connectivity index is 1.80. The number of carbonyl (C=O) groups is 1. The summed E-state index contributed by atoms with van der Waals surface area (Å²) in [5, 5.41) is 6.51. The van der Waals surface area contributed by atoms with Gasteiger partial charge in [-0.2, -0.15) is 0 Å². The van der Waals surface area contributed by atoms with E-state index in [-0.39, 0.29) is 12.0 Å². The van der Waals surface area contributed by atoms with E-state index < -0.39 is 0 Å². The fourth-order valence-electron chi connectivity index (χ4n) is 3.00. The number of ether oxygens (including phenoxy) is 1. The summed E-state index contributed by atoms with van der Waals surface area (Å²) in [5.41, 5.74) is 3.35. The molecule has 6 heteroatoms. The third-order valence-corrected chi connectivity index (χ3v) is 4.57. The van der Waals surface area contributed by atoms with E-state index in [9.17, 15) is 4.79 Å². The minimum absolute atomic E-state index is 0.0907. The standard InChI is InChI=1S/C24H34N4O2/c1-18(2)30-22-15-19(3)11-12-21(22)16-27-24(25-4)26-14-13-23(29)28(5)17-20-9-7-6-8-10-20/h6-12,15,18H,13-14,16-17H2,1-5H3,(H2,25,26,27). The molecule has 2 rings (SSSR count). The van der Waals surface area contributed by atoms with E-state index in [1.165, 1.54) is 0 Å². The van der Waals surface area contributed by atoms with Crippen molar-refractivity contribution in [3.05, 3.63) is 65.2 Å². The zero-order valence-corrected chi connectivity index (χ0v) is 18.7. The number of guanidine groups is 1. The van der Waals surface area contributed by atoms with Gasteiger partial charge in [-0.05, 0) is 38.0 Å². The molecule has 2 aromatic rings. The Kier molecular flexibility index (Phi) is 9.19. The molecular formula is C24H34N4O2. The number of nitrogens with one attached hydrogen (secondary N) is 2. The van der Waals surface area contributed by atoms with Crippen LogP contribution >= 0.6 is 0 Å². The molecule has 0 aromatic heterocycles. The van der Waals surface area contributed by atoms with Gasteiger partial charge in [-0.3, -0.25) is 9.79 Å². The number of aryl methyl sites for hydroxylation is 1. The van der Waals surface area contributed by atoms with Crippen LogP contribution in [0.3, 0.4) is 0 Å². The third-order valence-electron chi connectivity index (χ3n) is 4.57. The molecule has 0 unspecified atom stereocenters. The number of hydrogen-bond donors (Lipinski definition) is 2. The Labute approximate surface area is 180 Å². The van der Waals surface area contributed by atoms with Crippen LogP contribution in [0, 0.1) is 6.92 Å². The second-order valence-electron chi connectivity index (χ2n) is 7.62. The highest BCUT2D eigenvalue weighted by atomic mass is 16.5. The molecule has 0 aliphatic rings. The number of aliphatic imine (C=N–C) groups is 1. The molecule has 0 heterocycles. The first kappa shape index (κ1) is 23.3. The molecule has 162 valence electrons. The second kappa shape index (κ2) is 11.9. The Morgan fingerprint density at radius 3 is 2.53 bits per heavy atom. The van der Waals surface area contributed by atoms with Gasteiger partial charge in [0, 0.05) is 45.7 Å². The summed E-state index contributed by atoms with van der Waals surface area (Å²) in [6, 6.07) is 16.2. The van der Waals surface area contributed by atoms with Crippen molar-refractivity contribution in [3.63, 3.8) is 0 Å². The van der Waals surface area contributed by atoms with Gasteiger partial charge >= 0.3 is 0 Å². The van der Waals surface area contributed by atoms with Crippen LogP contribution in [-0.4, -0.2) is 43.5 Å². The fraction of sp³-hybridized carbons (Fsp3) is 0.417. The van der Waals surface area contributed by atoms with Gasteiger partial charge < -0.3 is 20.3 Å². The van der Waals surface area contributed by atoms with Crippen molar-refractivity contribution in [2.75, 3.05) is 20.6 Å². The normalized spacial score (nSPS) is 11.3. The average molecular weight is 411 g/mol. The maximum absolute atomic E-state index is 12.4. The van der Waals surface area contributed by atoms with Crippen molar-refractivity contribution in [2.24, 2.45) is 4.99 Å². The van der Waals surface area contributed by atoms with Crippen LogP contribution in [0.2, 0.25) is 0 Å². The Morgan fingerprint density at radius 2 is 1.87 bits per heavy atom. The Morgan fingerprint density at radius 1 is 1.13 bits per heavy atom. The topological polar surface area (TPSA) is 66.0 Å². The van der Waals surface area contributed by atoms with Gasteiger partial charge in [-0.15, -0.1) is 0 Å². The molecule has 0 saturated heterocycles. The van der Waals surface area contributed by atoms with E-state index in [0.29, 0.717) is 32.0 Å². The van der Waals surface area contributed by atoms with Crippen molar-refractivity contribution in [3.8, 4) is 5.75 Å². The summed E-state index contributed by atoms with van der Waals surface area (Å²) in [4.78, 5) is 18.4. The van der Waals surface area contributed by atoms with E-state index in [4.69, 9.17) is 4.74 Å². The van der Waals surface area contributed by atoms with Crippen LogP contribution in [0.15, 0.2) is 53.5 Å². The zero-order chi connectivity index (χ0) is 21.9. The first-order chi connectivity index (χ1) is 14.4. The van der Waals surface area contributed by atoms with E-state index >= 15 is 0 Å². The number of nitrogens with zero attached hydrogens (tertiary/aromatic N) is 2. The van der Waals surface area contributed by atoms with Crippen LogP contribution in [-0.2, 0) is 17.9 Å². The molecule has 0 radical (unpaired) electrons. The molecule has 0 saturated carbocycles. The smallest absolute Gasteiger partial charge is 0.224 e. The highest BCUT2D eigenvalue weighted by molar-refractivity contribution is 5.81. The lowest BCUT2D eigenvalue weighted by atomic mass is 10.1. The lowest BCUT2D eigenvalue weighted by molar-refractivity contribution is -0.130. The number of benzene rings is 2. The van der Waals surface area contributed by atoms with Crippen LogP contribution in [0.4, 0.5) is 0 Å². The highest BCUT2D eigenvalue weighted by Gasteiger charge is 2.10. The van der Waals surface area contributed by atoms with Crippen LogP contribution in [0.5, 0.6) is 5.75 Å². The number of hydrogen-bond acceptors (Lipinski definition) is 3. The average Bonchev–Trinajstić information content (AvgIpc) is 2.71. The molecule has 2 aromatic carbocycles. The largest absolute Gasteiger partial charge is 0.491 e. The van der Waals surface area contributed by atoms with Gasteiger partial charge in [0.15, 0.2) is 5.96 Å². The molecule has 0 fully saturated rings. The molecule has 6 nitrogen and oxygen atoms in total. The number of carbonyl (C=O) groups excluding carboxylic acids is 1. The van der Waals surface area contributed by atoms with Crippen molar-refractivity contribution in [1.29, 1.82) is 0 Å². The van der Waals surface area contributed by atoms with Crippen molar-refractivity contribution >= 4 is 11.9 Å².